The van der Waals surface area contributed by atoms with Gasteiger partial charge in [-0.1, -0.05) is 13.2 Å². The van der Waals surface area contributed by atoms with Gasteiger partial charge in [0.25, 0.3) is 5.91 Å². The molecule has 0 unspecified atom stereocenters. The number of amides is 1. The van der Waals surface area contributed by atoms with Gasteiger partial charge in [-0.3, -0.25) is 14.9 Å². The molecular formula is C17H22N6O2. The third-order valence-corrected chi connectivity index (χ3v) is 4.49. The van der Waals surface area contributed by atoms with Crippen molar-refractivity contribution < 1.29 is 9.53 Å². The fourth-order valence-electron chi connectivity index (χ4n) is 3.10. The number of fused-ring (bicyclic) bond motifs is 1. The average Bonchev–Trinajstić information content (AvgIpc) is 3.18. The Balaban J connectivity index is 1.84. The first kappa shape index (κ1) is 17.0. The number of nitrogens with one attached hydrogen (secondary N) is 2. The van der Waals surface area contributed by atoms with E-state index in [4.69, 9.17) is 10.5 Å². The number of H-pyrrole nitrogens is 1. The number of carbonyl (C=O) groups is 1. The number of nitrogens with zero attached hydrogens (tertiary/aromatic N) is 3. The maximum absolute atomic E-state index is 13.0. The minimum absolute atomic E-state index is 0.105. The SMILES string of the molecule is C=C(N)C(=C)N[C@H]1CN(C(=O)c2cncc3[nH]nc(C)c23)C[C@@H]1OC. The number of ether oxygens (including phenoxy) is 1. The summed E-state index contributed by atoms with van der Waals surface area (Å²) in [6, 6.07) is -0.112. The molecule has 132 valence electrons. The molecule has 0 aliphatic carbocycles. The predicted octanol–water partition coefficient (Wildman–Crippen LogP) is 0.681. The summed E-state index contributed by atoms with van der Waals surface area (Å²) in [5.74, 6) is -0.105. The summed E-state index contributed by atoms with van der Waals surface area (Å²) in [6.07, 6.45) is 3.07. The number of aromatic amines is 1. The zero-order chi connectivity index (χ0) is 18.1. The number of rotatable bonds is 5. The van der Waals surface area contributed by atoms with Gasteiger partial charge in [0.1, 0.15) is 0 Å². The standard InChI is InChI=1S/C17H22N6O2/c1-9(18)10(2)20-14-7-23(8-15(14)25-4)17(24)12-5-19-6-13-16(12)11(3)21-22-13/h5-6,14-15,20H,1-2,7-8,18H2,3-4H3,(H,21,22)/t14-,15-/m0/s1. The number of carbonyl (C=O) groups excluding carboxylic acids is 1. The smallest absolute Gasteiger partial charge is 0.256 e. The Kier molecular flexibility index (Phi) is 4.45. The van der Waals surface area contributed by atoms with E-state index >= 15 is 0 Å². The second kappa shape index (κ2) is 6.56. The summed E-state index contributed by atoms with van der Waals surface area (Å²) < 4.78 is 5.51. The molecule has 3 rings (SSSR count). The van der Waals surface area contributed by atoms with Crippen LogP contribution in [-0.2, 0) is 4.74 Å². The van der Waals surface area contributed by atoms with Gasteiger partial charge in [0.15, 0.2) is 0 Å². The Bertz CT molecular complexity index is 843. The Labute approximate surface area is 145 Å². The van der Waals surface area contributed by atoms with Gasteiger partial charge in [-0.15, -0.1) is 0 Å². The Hall–Kier alpha value is -2.87. The van der Waals surface area contributed by atoms with E-state index in [-0.39, 0.29) is 18.1 Å². The van der Waals surface area contributed by atoms with E-state index in [1.165, 1.54) is 0 Å². The summed E-state index contributed by atoms with van der Waals surface area (Å²) >= 11 is 0. The predicted molar refractivity (Wildman–Crippen MR) is 94.7 cm³/mol. The van der Waals surface area contributed by atoms with Crippen LogP contribution in [0, 0.1) is 6.92 Å². The molecule has 8 heteroatoms. The zero-order valence-electron chi connectivity index (χ0n) is 14.4. The van der Waals surface area contributed by atoms with Crippen LogP contribution in [0.1, 0.15) is 16.1 Å². The molecule has 1 fully saturated rings. The van der Waals surface area contributed by atoms with E-state index in [1.807, 2.05) is 6.92 Å². The molecule has 0 saturated carbocycles. The summed E-state index contributed by atoms with van der Waals surface area (Å²) in [6.45, 7) is 10.3. The Morgan fingerprint density at radius 3 is 2.88 bits per heavy atom. The molecular weight excluding hydrogens is 320 g/mol. The number of aryl methyl sites for hydroxylation is 1. The second-order valence-corrected chi connectivity index (χ2v) is 6.16. The molecule has 2 aromatic rings. The third-order valence-electron chi connectivity index (χ3n) is 4.49. The number of aromatic nitrogens is 3. The lowest BCUT2D eigenvalue weighted by atomic mass is 10.1. The number of nitrogens with two attached hydrogens (primary N) is 1. The van der Waals surface area contributed by atoms with Crippen molar-refractivity contribution in [1.82, 2.24) is 25.4 Å². The van der Waals surface area contributed by atoms with Crippen LogP contribution in [-0.4, -0.2) is 58.3 Å². The van der Waals surface area contributed by atoms with E-state index in [0.717, 1.165) is 16.6 Å². The molecule has 2 aromatic heterocycles. The highest BCUT2D eigenvalue weighted by atomic mass is 16.5. The first-order chi connectivity index (χ1) is 11.9. The lowest BCUT2D eigenvalue weighted by molar-refractivity contribution is 0.0711. The molecule has 8 nitrogen and oxygen atoms in total. The normalized spacial score (nSPS) is 20.0. The highest BCUT2D eigenvalue weighted by Gasteiger charge is 2.36. The zero-order valence-corrected chi connectivity index (χ0v) is 14.4. The summed E-state index contributed by atoms with van der Waals surface area (Å²) in [5.41, 5.74) is 8.60. The molecule has 1 aliphatic heterocycles. The van der Waals surface area contributed by atoms with E-state index in [9.17, 15) is 4.79 Å². The first-order valence-corrected chi connectivity index (χ1v) is 7.93. The second-order valence-electron chi connectivity index (χ2n) is 6.16. The van der Waals surface area contributed by atoms with Crippen LogP contribution in [0.25, 0.3) is 10.9 Å². The molecule has 0 spiro atoms. The quantitative estimate of drug-likeness (QED) is 0.690. The number of methoxy groups -OCH3 is 1. The summed E-state index contributed by atoms with van der Waals surface area (Å²) in [4.78, 5) is 18.9. The number of likely N-dealkylation sites (tertiary alicyclic amines) is 1. The summed E-state index contributed by atoms with van der Waals surface area (Å²) in [7, 11) is 1.62. The molecule has 2 atom stereocenters. The maximum atomic E-state index is 13.0. The lowest BCUT2D eigenvalue weighted by Crippen LogP contribution is -2.40. The van der Waals surface area contributed by atoms with E-state index in [1.54, 1.807) is 24.4 Å². The number of hydrogen-bond acceptors (Lipinski definition) is 6. The third kappa shape index (κ3) is 3.08. The van der Waals surface area contributed by atoms with Gasteiger partial charge in [0, 0.05) is 43.2 Å². The average molecular weight is 342 g/mol. The number of hydrogen-bond donors (Lipinski definition) is 3. The molecule has 4 N–H and O–H groups in total. The molecule has 25 heavy (non-hydrogen) atoms. The minimum atomic E-state index is -0.169. The van der Waals surface area contributed by atoms with Crippen molar-refractivity contribution in [2.45, 2.75) is 19.1 Å². The van der Waals surface area contributed by atoms with Crippen molar-refractivity contribution in [3.63, 3.8) is 0 Å². The van der Waals surface area contributed by atoms with Crippen molar-refractivity contribution >= 4 is 16.8 Å². The molecule has 0 bridgehead atoms. The maximum Gasteiger partial charge on any atom is 0.256 e. The van der Waals surface area contributed by atoms with Gasteiger partial charge in [-0.2, -0.15) is 5.10 Å². The fraction of sp³-hybridized carbons (Fsp3) is 0.353. The van der Waals surface area contributed by atoms with Crippen LogP contribution in [0.4, 0.5) is 0 Å². The largest absolute Gasteiger partial charge is 0.398 e. The number of pyridine rings is 1. The lowest BCUT2D eigenvalue weighted by Gasteiger charge is -2.20. The van der Waals surface area contributed by atoms with Gasteiger partial charge < -0.3 is 20.7 Å². The summed E-state index contributed by atoms with van der Waals surface area (Å²) in [5, 5.41) is 11.0. The van der Waals surface area contributed by atoms with E-state index in [0.29, 0.717) is 30.0 Å². The molecule has 0 aromatic carbocycles. The van der Waals surface area contributed by atoms with Crippen LogP contribution < -0.4 is 11.1 Å². The van der Waals surface area contributed by atoms with Crippen LogP contribution in [0.2, 0.25) is 0 Å². The van der Waals surface area contributed by atoms with E-state index < -0.39 is 0 Å². The van der Waals surface area contributed by atoms with Gasteiger partial charge in [-0.25, -0.2) is 0 Å². The molecule has 1 saturated heterocycles. The topological polar surface area (TPSA) is 109 Å². The van der Waals surface area contributed by atoms with E-state index in [2.05, 4.69) is 33.7 Å². The highest BCUT2D eigenvalue weighted by molar-refractivity contribution is 6.06. The Morgan fingerprint density at radius 1 is 1.44 bits per heavy atom. The van der Waals surface area contributed by atoms with Crippen molar-refractivity contribution in [1.29, 1.82) is 0 Å². The molecule has 1 amide bonds. The fourth-order valence-corrected chi connectivity index (χ4v) is 3.10. The van der Waals surface area contributed by atoms with Gasteiger partial charge in [0.2, 0.25) is 0 Å². The first-order valence-electron chi connectivity index (χ1n) is 7.93. The molecule has 0 radical (unpaired) electrons. The van der Waals surface area contributed by atoms with Crippen molar-refractivity contribution in [2.24, 2.45) is 5.73 Å². The van der Waals surface area contributed by atoms with Crippen molar-refractivity contribution in [3.05, 3.63) is 48.2 Å². The monoisotopic (exact) mass is 342 g/mol. The van der Waals surface area contributed by atoms with Crippen molar-refractivity contribution in [3.8, 4) is 0 Å². The highest BCUT2D eigenvalue weighted by Crippen LogP contribution is 2.23. The van der Waals surface area contributed by atoms with Crippen LogP contribution in [0.15, 0.2) is 36.9 Å². The molecule has 3 heterocycles. The van der Waals surface area contributed by atoms with Gasteiger partial charge >= 0.3 is 0 Å². The van der Waals surface area contributed by atoms with Crippen LogP contribution in [0.3, 0.4) is 0 Å². The van der Waals surface area contributed by atoms with Crippen LogP contribution >= 0.6 is 0 Å². The van der Waals surface area contributed by atoms with Gasteiger partial charge in [-0.05, 0) is 6.92 Å². The molecule has 1 aliphatic rings. The van der Waals surface area contributed by atoms with Crippen LogP contribution in [0.5, 0.6) is 0 Å². The Morgan fingerprint density at radius 2 is 2.20 bits per heavy atom. The van der Waals surface area contributed by atoms with Crippen molar-refractivity contribution in [2.75, 3.05) is 20.2 Å². The van der Waals surface area contributed by atoms with Gasteiger partial charge in [0.05, 0.1) is 35.1 Å². The minimum Gasteiger partial charge on any atom is -0.398 e.